The maximum absolute atomic E-state index is 13.4. The van der Waals surface area contributed by atoms with Crippen LogP contribution in [0.3, 0.4) is 0 Å². The summed E-state index contributed by atoms with van der Waals surface area (Å²) in [6, 6.07) is 8.07. The maximum Gasteiger partial charge on any atom is 0.228 e. The largest absolute Gasteiger partial charge is 0.357 e. The van der Waals surface area contributed by atoms with Crippen LogP contribution in [0, 0.1) is 11.7 Å². The standard InChI is InChI=1S/C22H25FN4O2/c1-14-6-8-27(9-7-14)20-5-2-15(12-24-20)13-25-22(29)18-11-21(28)26-19-10-16(23)3-4-17(18)19/h2-5,10,12,14,18H,6-9,11,13H2,1H3,(H,25,29)(H,26,28). The molecule has 1 atom stereocenters. The predicted molar refractivity (Wildman–Crippen MR) is 109 cm³/mol. The monoisotopic (exact) mass is 396 g/mol. The zero-order valence-electron chi connectivity index (χ0n) is 16.5. The summed E-state index contributed by atoms with van der Waals surface area (Å²) in [5.74, 6) is 0.129. The Labute approximate surface area is 169 Å². The van der Waals surface area contributed by atoms with Gasteiger partial charge in [0.25, 0.3) is 0 Å². The molecule has 29 heavy (non-hydrogen) atoms. The van der Waals surface area contributed by atoms with Crippen LogP contribution in [-0.2, 0) is 16.1 Å². The summed E-state index contributed by atoms with van der Waals surface area (Å²) in [5.41, 5.74) is 1.90. The minimum atomic E-state index is -0.623. The molecule has 7 heteroatoms. The molecule has 0 saturated carbocycles. The zero-order valence-corrected chi connectivity index (χ0v) is 16.5. The van der Waals surface area contributed by atoms with Crippen molar-refractivity contribution in [3.8, 4) is 0 Å². The number of pyridine rings is 1. The normalized spacial score (nSPS) is 19.4. The van der Waals surface area contributed by atoms with Gasteiger partial charge in [-0.3, -0.25) is 9.59 Å². The number of hydrogen-bond acceptors (Lipinski definition) is 4. The van der Waals surface area contributed by atoms with E-state index < -0.39 is 11.7 Å². The third-order valence-electron chi connectivity index (χ3n) is 5.75. The van der Waals surface area contributed by atoms with E-state index in [0.717, 1.165) is 30.4 Å². The van der Waals surface area contributed by atoms with Gasteiger partial charge in [0, 0.05) is 37.9 Å². The Morgan fingerprint density at radius 1 is 1.28 bits per heavy atom. The van der Waals surface area contributed by atoms with Gasteiger partial charge in [0.1, 0.15) is 11.6 Å². The molecule has 152 valence electrons. The number of nitrogens with one attached hydrogen (secondary N) is 2. The van der Waals surface area contributed by atoms with E-state index in [1.54, 1.807) is 12.3 Å². The smallest absolute Gasteiger partial charge is 0.228 e. The molecule has 1 fully saturated rings. The van der Waals surface area contributed by atoms with Crippen LogP contribution in [0.15, 0.2) is 36.5 Å². The van der Waals surface area contributed by atoms with E-state index in [-0.39, 0.29) is 18.2 Å². The van der Waals surface area contributed by atoms with Crippen LogP contribution < -0.4 is 15.5 Å². The fourth-order valence-corrected chi connectivity index (χ4v) is 3.93. The Morgan fingerprint density at radius 2 is 2.07 bits per heavy atom. The molecule has 2 amide bonds. The third kappa shape index (κ3) is 4.39. The van der Waals surface area contributed by atoms with Crippen LogP contribution in [0.4, 0.5) is 15.9 Å². The first-order chi connectivity index (χ1) is 14.0. The molecular formula is C22H25FN4O2. The molecule has 0 radical (unpaired) electrons. The number of fused-ring (bicyclic) bond motifs is 1. The second kappa shape index (κ2) is 8.19. The molecule has 1 aromatic carbocycles. The lowest BCUT2D eigenvalue weighted by molar-refractivity contribution is -0.126. The Morgan fingerprint density at radius 3 is 2.79 bits per heavy atom. The molecule has 1 unspecified atom stereocenters. The van der Waals surface area contributed by atoms with Gasteiger partial charge in [-0.05, 0) is 48.1 Å². The van der Waals surface area contributed by atoms with Gasteiger partial charge in [-0.2, -0.15) is 0 Å². The minimum absolute atomic E-state index is 0.0506. The number of hydrogen-bond donors (Lipinski definition) is 2. The van der Waals surface area contributed by atoms with Gasteiger partial charge in [0.15, 0.2) is 0 Å². The van der Waals surface area contributed by atoms with Gasteiger partial charge in [-0.15, -0.1) is 0 Å². The molecular weight excluding hydrogens is 371 g/mol. The molecule has 0 aliphatic carbocycles. The number of carbonyl (C=O) groups is 2. The lowest BCUT2D eigenvalue weighted by Gasteiger charge is -2.31. The number of halogens is 1. The van der Waals surface area contributed by atoms with E-state index in [4.69, 9.17) is 0 Å². The van der Waals surface area contributed by atoms with Gasteiger partial charge in [0.2, 0.25) is 11.8 Å². The quantitative estimate of drug-likeness (QED) is 0.832. The minimum Gasteiger partial charge on any atom is -0.357 e. The van der Waals surface area contributed by atoms with E-state index in [1.165, 1.54) is 25.0 Å². The van der Waals surface area contributed by atoms with Crippen LogP contribution in [-0.4, -0.2) is 29.9 Å². The van der Waals surface area contributed by atoms with E-state index in [0.29, 0.717) is 17.8 Å². The first kappa shape index (κ1) is 19.4. The van der Waals surface area contributed by atoms with Crippen molar-refractivity contribution in [2.24, 2.45) is 5.92 Å². The van der Waals surface area contributed by atoms with Crippen LogP contribution in [0.1, 0.15) is 43.2 Å². The van der Waals surface area contributed by atoms with E-state index >= 15 is 0 Å². The van der Waals surface area contributed by atoms with E-state index in [1.807, 2.05) is 12.1 Å². The fraction of sp³-hybridized carbons (Fsp3) is 0.409. The van der Waals surface area contributed by atoms with Crippen molar-refractivity contribution in [1.82, 2.24) is 10.3 Å². The molecule has 2 N–H and O–H groups in total. The summed E-state index contributed by atoms with van der Waals surface area (Å²) < 4.78 is 13.4. The highest BCUT2D eigenvalue weighted by Gasteiger charge is 2.30. The highest BCUT2D eigenvalue weighted by atomic mass is 19.1. The summed E-state index contributed by atoms with van der Waals surface area (Å²) >= 11 is 0. The van der Waals surface area contributed by atoms with Gasteiger partial charge < -0.3 is 15.5 Å². The van der Waals surface area contributed by atoms with Crippen molar-refractivity contribution in [3.63, 3.8) is 0 Å². The van der Waals surface area contributed by atoms with Crippen molar-refractivity contribution in [3.05, 3.63) is 53.5 Å². The number of rotatable bonds is 4. The molecule has 3 heterocycles. The van der Waals surface area contributed by atoms with Crippen LogP contribution >= 0.6 is 0 Å². The highest BCUT2D eigenvalue weighted by Crippen LogP contribution is 2.33. The number of aromatic nitrogens is 1. The van der Waals surface area contributed by atoms with Crippen molar-refractivity contribution in [2.75, 3.05) is 23.3 Å². The summed E-state index contributed by atoms with van der Waals surface area (Å²) in [7, 11) is 0. The summed E-state index contributed by atoms with van der Waals surface area (Å²) in [6.07, 6.45) is 4.19. The first-order valence-electron chi connectivity index (χ1n) is 10.1. The topological polar surface area (TPSA) is 74.3 Å². The molecule has 4 rings (SSSR count). The second-order valence-corrected chi connectivity index (χ2v) is 7.95. The SMILES string of the molecule is CC1CCN(c2ccc(CNC(=O)C3CC(=O)Nc4cc(F)ccc43)cn2)CC1. The molecule has 2 aromatic rings. The molecule has 6 nitrogen and oxygen atoms in total. The molecule has 0 bridgehead atoms. The lowest BCUT2D eigenvalue weighted by atomic mass is 9.89. The van der Waals surface area contributed by atoms with Crippen LogP contribution in [0.2, 0.25) is 0 Å². The number of nitrogens with zero attached hydrogens (tertiary/aromatic N) is 2. The third-order valence-corrected chi connectivity index (χ3v) is 5.75. The van der Waals surface area contributed by atoms with Gasteiger partial charge in [-0.25, -0.2) is 9.37 Å². The average Bonchev–Trinajstić information content (AvgIpc) is 2.72. The van der Waals surface area contributed by atoms with Crippen molar-refractivity contribution >= 4 is 23.3 Å². The number of benzene rings is 1. The number of anilines is 2. The summed E-state index contributed by atoms with van der Waals surface area (Å²) in [5, 5.41) is 5.51. The van der Waals surface area contributed by atoms with Crippen molar-refractivity contribution < 1.29 is 14.0 Å². The second-order valence-electron chi connectivity index (χ2n) is 7.95. The van der Waals surface area contributed by atoms with E-state index in [9.17, 15) is 14.0 Å². The number of piperidine rings is 1. The molecule has 1 saturated heterocycles. The molecule has 1 aromatic heterocycles. The van der Waals surface area contributed by atoms with Crippen molar-refractivity contribution in [1.29, 1.82) is 0 Å². The van der Waals surface area contributed by atoms with Gasteiger partial charge in [0.05, 0.1) is 5.92 Å². The molecule has 2 aliphatic heterocycles. The molecule has 2 aliphatic rings. The highest BCUT2D eigenvalue weighted by molar-refractivity contribution is 6.01. The summed E-state index contributed by atoms with van der Waals surface area (Å²) in [6.45, 7) is 4.65. The van der Waals surface area contributed by atoms with Gasteiger partial charge >= 0.3 is 0 Å². The Bertz CT molecular complexity index is 908. The Hall–Kier alpha value is -2.96. The lowest BCUT2D eigenvalue weighted by Crippen LogP contribution is -2.35. The fourth-order valence-electron chi connectivity index (χ4n) is 3.93. The Balaban J connectivity index is 1.38. The zero-order chi connectivity index (χ0) is 20.4. The number of amides is 2. The molecule has 0 spiro atoms. The van der Waals surface area contributed by atoms with E-state index in [2.05, 4.69) is 27.4 Å². The first-order valence-corrected chi connectivity index (χ1v) is 10.1. The predicted octanol–water partition coefficient (Wildman–Crippen LogP) is 3.20. The van der Waals surface area contributed by atoms with Crippen LogP contribution in [0.5, 0.6) is 0 Å². The maximum atomic E-state index is 13.4. The summed E-state index contributed by atoms with van der Waals surface area (Å²) in [4.78, 5) is 31.4. The number of carbonyl (C=O) groups excluding carboxylic acids is 2. The van der Waals surface area contributed by atoms with Crippen LogP contribution in [0.25, 0.3) is 0 Å². The van der Waals surface area contributed by atoms with Gasteiger partial charge in [-0.1, -0.05) is 19.1 Å². The van der Waals surface area contributed by atoms with Crippen molar-refractivity contribution in [2.45, 2.75) is 38.6 Å². The average molecular weight is 396 g/mol. The Kier molecular flexibility index (Phi) is 5.47.